The van der Waals surface area contributed by atoms with E-state index in [1.54, 1.807) is 25.6 Å². The molecule has 0 aliphatic rings. The number of hydrogen-bond donors (Lipinski definition) is 1. The number of hydrogen-bond acceptors (Lipinski definition) is 4. The molecular weight excluding hydrogens is 258 g/mol. The largest absolute Gasteiger partial charge is 0.493 e. The number of aryl methyl sites for hydroxylation is 1. The molecule has 2 aromatic rings. The van der Waals surface area contributed by atoms with Gasteiger partial charge in [0.2, 0.25) is 0 Å². The Bertz CT molecular complexity index is 551. The first-order chi connectivity index (χ1) is 9.21. The van der Waals surface area contributed by atoms with E-state index < -0.39 is 0 Å². The topological polar surface area (TPSA) is 30.5 Å². The molecule has 0 aliphatic carbocycles. The quantitative estimate of drug-likeness (QED) is 0.909. The first kappa shape index (κ1) is 13.9. The summed E-state index contributed by atoms with van der Waals surface area (Å²) < 4.78 is 10.6. The number of thiophene rings is 1. The summed E-state index contributed by atoms with van der Waals surface area (Å²) in [6, 6.07) is 6.21. The van der Waals surface area contributed by atoms with Crippen LogP contribution in [0.3, 0.4) is 0 Å². The van der Waals surface area contributed by atoms with Gasteiger partial charge in [0.15, 0.2) is 11.5 Å². The van der Waals surface area contributed by atoms with Crippen LogP contribution in [0.4, 0.5) is 0 Å². The standard InChI is InChI=1S/C15H19NO2S/c1-10-8-19-9-12(10)15(16-2)11-5-6-13(17-3)14(7-11)18-4/h5-9,15-16H,1-4H3. The van der Waals surface area contributed by atoms with E-state index >= 15 is 0 Å². The van der Waals surface area contributed by atoms with Crippen molar-refractivity contribution in [1.29, 1.82) is 0 Å². The Labute approximate surface area is 118 Å². The maximum absolute atomic E-state index is 5.37. The van der Waals surface area contributed by atoms with Crippen LogP contribution in [0.25, 0.3) is 0 Å². The van der Waals surface area contributed by atoms with Crippen molar-refractivity contribution in [2.24, 2.45) is 0 Å². The minimum absolute atomic E-state index is 0.172. The van der Waals surface area contributed by atoms with Crippen LogP contribution in [0.5, 0.6) is 11.5 Å². The Morgan fingerprint density at radius 3 is 2.37 bits per heavy atom. The van der Waals surface area contributed by atoms with Crippen molar-refractivity contribution in [1.82, 2.24) is 5.32 Å². The molecule has 1 aromatic carbocycles. The smallest absolute Gasteiger partial charge is 0.161 e. The molecule has 102 valence electrons. The summed E-state index contributed by atoms with van der Waals surface area (Å²) in [5.41, 5.74) is 3.78. The third-order valence-electron chi connectivity index (χ3n) is 3.24. The third-order valence-corrected chi connectivity index (χ3v) is 4.12. The second-order valence-electron chi connectivity index (χ2n) is 4.35. The Kier molecular flexibility index (Phi) is 4.45. The first-order valence-corrected chi connectivity index (χ1v) is 7.07. The van der Waals surface area contributed by atoms with Crippen molar-refractivity contribution in [3.8, 4) is 11.5 Å². The van der Waals surface area contributed by atoms with Gasteiger partial charge in [-0.2, -0.15) is 11.3 Å². The molecule has 0 aliphatic heterocycles. The van der Waals surface area contributed by atoms with E-state index in [0.717, 1.165) is 11.5 Å². The summed E-state index contributed by atoms with van der Waals surface area (Å²) in [4.78, 5) is 0. The molecule has 2 rings (SSSR count). The minimum Gasteiger partial charge on any atom is -0.493 e. The molecule has 0 spiro atoms. The lowest BCUT2D eigenvalue weighted by molar-refractivity contribution is 0.354. The van der Waals surface area contributed by atoms with Crippen molar-refractivity contribution in [2.75, 3.05) is 21.3 Å². The summed E-state index contributed by atoms with van der Waals surface area (Å²) >= 11 is 1.73. The summed E-state index contributed by atoms with van der Waals surface area (Å²) in [6.07, 6.45) is 0. The normalized spacial score (nSPS) is 12.2. The van der Waals surface area contributed by atoms with E-state index in [1.165, 1.54) is 16.7 Å². The maximum atomic E-state index is 5.37. The summed E-state index contributed by atoms with van der Waals surface area (Å²) in [5.74, 6) is 1.51. The van der Waals surface area contributed by atoms with E-state index in [0.29, 0.717) is 0 Å². The van der Waals surface area contributed by atoms with Gasteiger partial charge in [0.1, 0.15) is 0 Å². The van der Waals surface area contributed by atoms with Crippen LogP contribution >= 0.6 is 11.3 Å². The average Bonchev–Trinajstić information content (AvgIpc) is 2.86. The molecule has 1 unspecified atom stereocenters. The van der Waals surface area contributed by atoms with Gasteiger partial charge in [0.05, 0.1) is 20.3 Å². The van der Waals surface area contributed by atoms with Crippen molar-refractivity contribution < 1.29 is 9.47 Å². The molecule has 4 heteroatoms. The summed E-state index contributed by atoms with van der Waals surface area (Å²) in [5, 5.41) is 7.72. The minimum atomic E-state index is 0.172. The van der Waals surface area contributed by atoms with Gasteiger partial charge < -0.3 is 14.8 Å². The van der Waals surface area contributed by atoms with Gasteiger partial charge in [-0.1, -0.05) is 6.07 Å². The average molecular weight is 277 g/mol. The molecule has 1 heterocycles. The first-order valence-electron chi connectivity index (χ1n) is 6.13. The number of benzene rings is 1. The van der Waals surface area contributed by atoms with Crippen LogP contribution in [-0.4, -0.2) is 21.3 Å². The Hall–Kier alpha value is -1.52. The molecule has 19 heavy (non-hydrogen) atoms. The Morgan fingerprint density at radius 1 is 1.11 bits per heavy atom. The highest BCUT2D eigenvalue weighted by atomic mass is 32.1. The highest BCUT2D eigenvalue weighted by molar-refractivity contribution is 7.08. The van der Waals surface area contributed by atoms with E-state index in [1.807, 2.05) is 19.2 Å². The third kappa shape index (κ3) is 2.74. The van der Waals surface area contributed by atoms with Gasteiger partial charge in [-0.3, -0.25) is 0 Å². The molecule has 1 aromatic heterocycles. The molecule has 0 fully saturated rings. The van der Waals surface area contributed by atoms with Crippen LogP contribution in [0.2, 0.25) is 0 Å². The lowest BCUT2D eigenvalue weighted by atomic mass is 9.98. The molecule has 1 N–H and O–H groups in total. The predicted octanol–water partition coefficient (Wildman–Crippen LogP) is 3.38. The SMILES string of the molecule is CNC(c1ccc(OC)c(OC)c1)c1cscc1C. The highest BCUT2D eigenvalue weighted by Gasteiger charge is 2.17. The zero-order valence-electron chi connectivity index (χ0n) is 11.7. The molecule has 0 bridgehead atoms. The maximum Gasteiger partial charge on any atom is 0.161 e. The molecule has 0 saturated carbocycles. The lowest BCUT2D eigenvalue weighted by Crippen LogP contribution is -2.17. The highest BCUT2D eigenvalue weighted by Crippen LogP contribution is 2.33. The second-order valence-corrected chi connectivity index (χ2v) is 5.09. The van der Waals surface area contributed by atoms with Crippen molar-refractivity contribution >= 4 is 11.3 Å². The molecule has 0 amide bonds. The van der Waals surface area contributed by atoms with E-state index in [4.69, 9.17) is 9.47 Å². The van der Waals surface area contributed by atoms with E-state index in [9.17, 15) is 0 Å². The zero-order chi connectivity index (χ0) is 13.8. The number of nitrogens with one attached hydrogen (secondary N) is 1. The summed E-state index contributed by atoms with van der Waals surface area (Å²) in [6.45, 7) is 2.14. The zero-order valence-corrected chi connectivity index (χ0v) is 12.5. The van der Waals surface area contributed by atoms with Gasteiger partial charge in [-0.15, -0.1) is 0 Å². The fourth-order valence-corrected chi connectivity index (χ4v) is 3.08. The van der Waals surface area contributed by atoms with Gasteiger partial charge in [0.25, 0.3) is 0 Å². The molecular formula is C15H19NO2S. The van der Waals surface area contributed by atoms with Crippen molar-refractivity contribution in [3.05, 3.63) is 45.6 Å². The van der Waals surface area contributed by atoms with Crippen LogP contribution in [0.1, 0.15) is 22.7 Å². The molecule has 0 radical (unpaired) electrons. The fourth-order valence-electron chi connectivity index (χ4n) is 2.20. The fraction of sp³-hybridized carbons (Fsp3) is 0.333. The second kappa shape index (κ2) is 6.08. The molecule has 1 atom stereocenters. The van der Waals surface area contributed by atoms with E-state index in [-0.39, 0.29) is 6.04 Å². The van der Waals surface area contributed by atoms with Crippen LogP contribution < -0.4 is 14.8 Å². The van der Waals surface area contributed by atoms with E-state index in [2.05, 4.69) is 29.1 Å². The van der Waals surface area contributed by atoms with Gasteiger partial charge in [-0.25, -0.2) is 0 Å². The number of rotatable bonds is 5. The van der Waals surface area contributed by atoms with Crippen LogP contribution in [-0.2, 0) is 0 Å². The summed E-state index contributed by atoms with van der Waals surface area (Å²) in [7, 11) is 5.28. The lowest BCUT2D eigenvalue weighted by Gasteiger charge is -2.18. The monoisotopic (exact) mass is 277 g/mol. The molecule has 3 nitrogen and oxygen atoms in total. The van der Waals surface area contributed by atoms with Gasteiger partial charge in [0, 0.05) is 0 Å². The van der Waals surface area contributed by atoms with Crippen molar-refractivity contribution in [2.45, 2.75) is 13.0 Å². The van der Waals surface area contributed by atoms with Crippen LogP contribution in [0.15, 0.2) is 29.0 Å². The predicted molar refractivity (Wildman–Crippen MR) is 79.5 cm³/mol. The Balaban J connectivity index is 2.42. The molecule has 0 saturated heterocycles. The number of methoxy groups -OCH3 is 2. The number of ether oxygens (including phenoxy) is 2. The van der Waals surface area contributed by atoms with Crippen LogP contribution in [0, 0.1) is 6.92 Å². The van der Waals surface area contributed by atoms with Gasteiger partial charge in [-0.05, 0) is 53.6 Å². The van der Waals surface area contributed by atoms with Gasteiger partial charge >= 0.3 is 0 Å². The Morgan fingerprint density at radius 2 is 1.84 bits per heavy atom. The van der Waals surface area contributed by atoms with Crippen molar-refractivity contribution in [3.63, 3.8) is 0 Å².